The maximum Gasteiger partial charge on any atom is 0.325 e. The Labute approximate surface area is 118 Å². The first-order chi connectivity index (χ1) is 8.52. The number of nitrogens with one attached hydrogen (secondary N) is 2. The fraction of sp³-hybridized carbons (Fsp3) is 0.273. The summed E-state index contributed by atoms with van der Waals surface area (Å²) in [6.45, 7) is 1.80. The predicted octanol–water partition coefficient (Wildman–Crippen LogP) is 2.79. The Hall–Kier alpha value is -1.27. The number of ether oxygens (including phenoxy) is 1. The smallest absolute Gasteiger partial charge is 0.325 e. The molecule has 98 valence electrons. The molecular formula is C11H12BrClN2O3. The summed E-state index contributed by atoms with van der Waals surface area (Å²) in [7, 11) is 0. The van der Waals surface area contributed by atoms with E-state index in [1.165, 1.54) is 0 Å². The van der Waals surface area contributed by atoms with Gasteiger partial charge in [0.1, 0.15) is 6.54 Å². The van der Waals surface area contributed by atoms with E-state index in [4.69, 9.17) is 11.6 Å². The minimum atomic E-state index is -0.499. The lowest BCUT2D eigenvalue weighted by atomic mass is 10.3. The van der Waals surface area contributed by atoms with Crippen LogP contribution in [0.5, 0.6) is 0 Å². The van der Waals surface area contributed by atoms with Gasteiger partial charge in [-0.25, -0.2) is 4.79 Å². The fourth-order valence-electron chi connectivity index (χ4n) is 1.11. The van der Waals surface area contributed by atoms with Crippen LogP contribution in [0.25, 0.3) is 0 Å². The number of esters is 1. The van der Waals surface area contributed by atoms with Crippen molar-refractivity contribution in [2.24, 2.45) is 0 Å². The molecule has 0 atom stereocenters. The summed E-state index contributed by atoms with van der Waals surface area (Å²) < 4.78 is 5.41. The lowest BCUT2D eigenvalue weighted by molar-refractivity contribution is -0.141. The molecule has 0 spiro atoms. The van der Waals surface area contributed by atoms with Crippen LogP contribution in [0.3, 0.4) is 0 Å². The van der Waals surface area contributed by atoms with Crippen molar-refractivity contribution in [2.75, 3.05) is 18.5 Å². The molecule has 0 bridgehead atoms. The molecule has 2 amide bonds. The Kier molecular flexibility index (Phi) is 5.94. The Balaban J connectivity index is 2.44. The summed E-state index contributed by atoms with van der Waals surface area (Å²) in [6, 6.07) is 4.49. The number of carbonyl (C=O) groups is 2. The van der Waals surface area contributed by atoms with Gasteiger partial charge in [-0.05, 0) is 41.1 Å². The van der Waals surface area contributed by atoms with Crippen LogP contribution in [0.15, 0.2) is 22.7 Å². The molecule has 18 heavy (non-hydrogen) atoms. The monoisotopic (exact) mass is 334 g/mol. The maximum absolute atomic E-state index is 11.4. The second-order valence-electron chi connectivity index (χ2n) is 3.24. The third kappa shape index (κ3) is 4.93. The molecule has 2 N–H and O–H groups in total. The van der Waals surface area contributed by atoms with Crippen molar-refractivity contribution in [1.82, 2.24) is 5.32 Å². The number of halogens is 2. The van der Waals surface area contributed by atoms with E-state index < -0.39 is 12.0 Å². The summed E-state index contributed by atoms with van der Waals surface area (Å²) in [5, 5.41) is 5.40. The number of hydrogen-bond acceptors (Lipinski definition) is 3. The van der Waals surface area contributed by atoms with Gasteiger partial charge < -0.3 is 15.4 Å². The average Bonchev–Trinajstić information content (AvgIpc) is 2.32. The van der Waals surface area contributed by atoms with E-state index in [-0.39, 0.29) is 13.2 Å². The zero-order chi connectivity index (χ0) is 13.5. The number of rotatable bonds is 4. The van der Waals surface area contributed by atoms with Crippen LogP contribution < -0.4 is 10.6 Å². The van der Waals surface area contributed by atoms with E-state index in [1.54, 1.807) is 25.1 Å². The van der Waals surface area contributed by atoms with Gasteiger partial charge in [0, 0.05) is 10.2 Å². The first-order valence-electron chi connectivity index (χ1n) is 5.18. The fourth-order valence-corrected chi connectivity index (χ4v) is 1.54. The first kappa shape index (κ1) is 14.8. The van der Waals surface area contributed by atoms with Crippen molar-refractivity contribution in [1.29, 1.82) is 0 Å². The molecule has 0 unspecified atom stereocenters. The van der Waals surface area contributed by atoms with E-state index in [1.807, 2.05) is 0 Å². The van der Waals surface area contributed by atoms with Crippen LogP contribution in [0.1, 0.15) is 6.92 Å². The van der Waals surface area contributed by atoms with Gasteiger partial charge in [-0.3, -0.25) is 4.79 Å². The van der Waals surface area contributed by atoms with Gasteiger partial charge in [0.2, 0.25) is 0 Å². The SMILES string of the molecule is CCOC(=O)CNC(=O)Nc1ccc(Br)c(Cl)c1. The molecule has 5 nitrogen and oxygen atoms in total. The maximum atomic E-state index is 11.4. The highest BCUT2D eigenvalue weighted by molar-refractivity contribution is 9.10. The Morgan fingerprint density at radius 1 is 1.44 bits per heavy atom. The molecule has 0 aliphatic rings. The molecule has 0 saturated carbocycles. The Morgan fingerprint density at radius 2 is 2.17 bits per heavy atom. The molecule has 0 aliphatic carbocycles. The Bertz CT molecular complexity index is 454. The zero-order valence-electron chi connectivity index (χ0n) is 9.63. The summed E-state index contributed by atoms with van der Waals surface area (Å²) in [6.07, 6.45) is 0. The topological polar surface area (TPSA) is 67.4 Å². The molecule has 0 aliphatic heterocycles. The number of hydrogen-bond donors (Lipinski definition) is 2. The Morgan fingerprint density at radius 3 is 2.78 bits per heavy atom. The molecule has 1 aromatic carbocycles. The van der Waals surface area contributed by atoms with Gasteiger partial charge in [-0.1, -0.05) is 11.6 Å². The molecular weight excluding hydrogens is 323 g/mol. The van der Waals surface area contributed by atoms with E-state index in [0.29, 0.717) is 10.7 Å². The van der Waals surface area contributed by atoms with Crippen molar-refractivity contribution in [3.05, 3.63) is 27.7 Å². The molecule has 0 heterocycles. The summed E-state index contributed by atoms with van der Waals surface area (Å²) >= 11 is 9.11. The van der Waals surface area contributed by atoms with Crippen LogP contribution in [0.4, 0.5) is 10.5 Å². The lowest BCUT2D eigenvalue weighted by Gasteiger charge is -2.08. The van der Waals surface area contributed by atoms with E-state index >= 15 is 0 Å². The van der Waals surface area contributed by atoms with Gasteiger partial charge in [-0.15, -0.1) is 0 Å². The van der Waals surface area contributed by atoms with E-state index in [9.17, 15) is 9.59 Å². The summed E-state index contributed by atoms with van der Waals surface area (Å²) in [5.41, 5.74) is 0.532. The molecule has 7 heteroatoms. The third-order valence-corrected chi connectivity index (χ3v) is 3.11. The number of urea groups is 1. The number of anilines is 1. The summed E-state index contributed by atoms with van der Waals surface area (Å²) in [4.78, 5) is 22.4. The second-order valence-corrected chi connectivity index (χ2v) is 4.50. The van der Waals surface area contributed by atoms with Crippen molar-refractivity contribution in [3.8, 4) is 0 Å². The van der Waals surface area contributed by atoms with Gasteiger partial charge in [0.15, 0.2) is 0 Å². The van der Waals surface area contributed by atoms with Crippen molar-refractivity contribution in [3.63, 3.8) is 0 Å². The minimum Gasteiger partial charge on any atom is -0.465 e. The third-order valence-electron chi connectivity index (χ3n) is 1.88. The lowest BCUT2D eigenvalue weighted by Crippen LogP contribution is -2.34. The minimum absolute atomic E-state index is 0.177. The van der Waals surface area contributed by atoms with Crippen LogP contribution in [0.2, 0.25) is 5.02 Å². The average molecular weight is 336 g/mol. The zero-order valence-corrected chi connectivity index (χ0v) is 12.0. The molecule has 1 rings (SSSR count). The molecule has 1 aromatic rings. The van der Waals surface area contributed by atoms with Crippen LogP contribution in [-0.2, 0) is 9.53 Å². The van der Waals surface area contributed by atoms with Crippen LogP contribution in [-0.4, -0.2) is 25.2 Å². The van der Waals surface area contributed by atoms with Crippen molar-refractivity contribution >= 4 is 45.2 Å². The van der Waals surface area contributed by atoms with Gasteiger partial charge in [-0.2, -0.15) is 0 Å². The molecule has 0 saturated heterocycles. The van der Waals surface area contributed by atoms with Gasteiger partial charge in [0.05, 0.1) is 11.6 Å². The second kappa shape index (κ2) is 7.23. The molecule has 0 radical (unpaired) electrons. The largest absolute Gasteiger partial charge is 0.465 e. The first-order valence-corrected chi connectivity index (χ1v) is 6.35. The summed E-state index contributed by atoms with van der Waals surface area (Å²) in [5.74, 6) is -0.485. The van der Waals surface area contributed by atoms with Crippen LogP contribution in [0, 0.1) is 0 Å². The number of amides is 2. The highest BCUT2D eigenvalue weighted by atomic mass is 79.9. The predicted molar refractivity (Wildman–Crippen MR) is 72.8 cm³/mol. The van der Waals surface area contributed by atoms with Crippen molar-refractivity contribution < 1.29 is 14.3 Å². The quantitative estimate of drug-likeness (QED) is 0.831. The normalized spacial score (nSPS) is 9.72. The molecule has 0 aromatic heterocycles. The van der Waals surface area contributed by atoms with E-state index in [2.05, 4.69) is 31.3 Å². The molecule has 0 fully saturated rings. The van der Waals surface area contributed by atoms with Crippen molar-refractivity contribution in [2.45, 2.75) is 6.92 Å². The highest BCUT2D eigenvalue weighted by Crippen LogP contribution is 2.25. The van der Waals surface area contributed by atoms with E-state index in [0.717, 1.165) is 4.47 Å². The van der Waals surface area contributed by atoms with Gasteiger partial charge in [0.25, 0.3) is 0 Å². The number of carbonyl (C=O) groups excluding carboxylic acids is 2. The highest BCUT2D eigenvalue weighted by Gasteiger charge is 2.06. The standard InChI is InChI=1S/C11H12BrClN2O3/c1-2-18-10(16)6-14-11(17)15-7-3-4-8(12)9(13)5-7/h3-5H,2,6H2,1H3,(H2,14,15,17). The van der Waals surface area contributed by atoms with Gasteiger partial charge >= 0.3 is 12.0 Å². The van der Waals surface area contributed by atoms with Crippen LogP contribution >= 0.6 is 27.5 Å². The number of benzene rings is 1.